The highest BCUT2D eigenvalue weighted by Crippen LogP contribution is 2.28. The fraction of sp³-hybridized carbons (Fsp3) is 0.412. The SMILES string of the molecule is CC(CNCc1ccco1)N1CCCc2ccccc21. The van der Waals surface area contributed by atoms with Crippen molar-refractivity contribution >= 4 is 5.69 Å². The van der Waals surface area contributed by atoms with Crippen molar-refractivity contribution in [1.82, 2.24) is 5.32 Å². The molecular formula is C17H22N2O. The third kappa shape index (κ3) is 2.88. The minimum Gasteiger partial charge on any atom is -0.468 e. The predicted molar refractivity (Wildman–Crippen MR) is 82.0 cm³/mol. The molecule has 1 unspecified atom stereocenters. The van der Waals surface area contributed by atoms with E-state index in [0.29, 0.717) is 6.04 Å². The molecule has 2 heterocycles. The van der Waals surface area contributed by atoms with Crippen molar-refractivity contribution in [3.63, 3.8) is 0 Å². The number of hydrogen-bond donors (Lipinski definition) is 1. The summed E-state index contributed by atoms with van der Waals surface area (Å²) < 4.78 is 5.34. The molecule has 0 amide bonds. The number of hydrogen-bond acceptors (Lipinski definition) is 3. The van der Waals surface area contributed by atoms with Gasteiger partial charge in [0.1, 0.15) is 5.76 Å². The summed E-state index contributed by atoms with van der Waals surface area (Å²) in [7, 11) is 0. The third-order valence-corrected chi connectivity index (χ3v) is 4.00. The van der Waals surface area contributed by atoms with Gasteiger partial charge in [0.15, 0.2) is 0 Å². The fourth-order valence-electron chi connectivity index (χ4n) is 2.95. The van der Waals surface area contributed by atoms with Crippen molar-refractivity contribution in [2.75, 3.05) is 18.0 Å². The van der Waals surface area contributed by atoms with Gasteiger partial charge in [-0.05, 0) is 43.5 Å². The first kappa shape index (κ1) is 13.3. The first-order valence-electron chi connectivity index (χ1n) is 7.42. The van der Waals surface area contributed by atoms with Crippen LogP contribution in [-0.2, 0) is 13.0 Å². The van der Waals surface area contributed by atoms with Gasteiger partial charge in [-0.3, -0.25) is 0 Å². The average molecular weight is 270 g/mol. The van der Waals surface area contributed by atoms with Gasteiger partial charge in [0.05, 0.1) is 12.8 Å². The molecule has 0 saturated heterocycles. The van der Waals surface area contributed by atoms with Gasteiger partial charge in [-0.25, -0.2) is 0 Å². The van der Waals surface area contributed by atoms with Gasteiger partial charge >= 0.3 is 0 Å². The molecule has 1 aliphatic heterocycles. The van der Waals surface area contributed by atoms with Gasteiger partial charge < -0.3 is 14.6 Å². The lowest BCUT2D eigenvalue weighted by Gasteiger charge is -2.36. The molecule has 1 aromatic heterocycles. The highest BCUT2D eigenvalue weighted by Gasteiger charge is 2.20. The Kier molecular flexibility index (Phi) is 4.07. The van der Waals surface area contributed by atoms with Gasteiger partial charge in [0.25, 0.3) is 0 Å². The van der Waals surface area contributed by atoms with E-state index in [-0.39, 0.29) is 0 Å². The van der Waals surface area contributed by atoms with E-state index in [4.69, 9.17) is 4.42 Å². The maximum absolute atomic E-state index is 5.34. The van der Waals surface area contributed by atoms with E-state index in [1.54, 1.807) is 6.26 Å². The Hall–Kier alpha value is -1.74. The zero-order valence-electron chi connectivity index (χ0n) is 12.0. The molecule has 0 radical (unpaired) electrons. The lowest BCUT2D eigenvalue weighted by atomic mass is 10.0. The summed E-state index contributed by atoms with van der Waals surface area (Å²) >= 11 is 0. The fourth-order valence-corrected chi connectivity index (χ4v) is 2.95. The molecule has 0 fully saturated rings. The van der Waals surface area contributed by atoms with Crippen molar-refractivity contribution in [2.45, 2.75) is 32.4 Å². The molecule has 3 nitrogen and oxygen atoms in total. The van der Waals surface area contributed by atoms with Crippen LogP contribution in [0.4, 0.5) is 5.69 Å². The first-order valence-corrected chi connectivity index (χ1v) is 7.42. The quantitative estimate of drug-likeness (QED) is 0.904. The second-order valence-electron chi connectivity index (χ2n) is 5.48. The first-order chi connectivity index (χ1) is 9.84. The predicted octanol–water partition coefficient (Wildman–Crippen LogP) is 3.21. The molecule has 106 valence electrons. The summed E-state index contributed by atoms with van der Waals surface area (Å²) in [5, 5.41) is 3.48. The Bertz CT molecular complexity index is 536. The van der Waals surface area contributed by atoms with Crippen LogP contribution in [0.25, 0.3) is 0 Å². The molecule has 20 heavy (non-hydrogen) atoms. The summed E-state index contributed by atoms with van der Waals surface area (Å²) in [5.41, 5.74) is 2.89. The van der Waals surface area contributed by atoms with E-state index in [2.05, 4.69) is 41.4 Å². The molecule has 1 aliphatic rings. The average Bonchev–Trinajstić information content (AvgIpc) is 3.00. The minimum atomic E-state index is 0.492. The van der Waals surface area contributed by atoms with Gasteiger partial charge in [0.2, 0.25) is 0 Å². The lowest BCUT2D eigenvalue weighted by molar-refractivity contribution is 0.467. The zero-order chi connectivity index (χ0) is 13.8. The maximum atomic E-state index is 5.34. The van der Waals surface area contributed by atoms with Crippen LogP contribution >= 0.6 is 0 Å². The summed E-state index contributed by atoms with van der Waals surface area (Å²) in [6.45, 7) is 5.21. The molecule has 1 atom stereocenters. The normalized spacial score (nSPS) is 15.9. The number of fused-ring (bicyclic) bond motifs is 1. The van der Waals surface area contributed by atoms with Crippen molar-refractivity contribution in [3.05, 3.63) is 54.0 Å². The third-order valence-electron chi connectivity index (χ3n) is 4.00. The summed E-state index contributed by atoms with van der Waals surface area (Å²) in [5.74, 6) is 0.997. The summed E-state index contributed by atoms with van der Waals surface area (Å²) in [6.07, 6.45) is 4.18. The molecule has 0 saturated carbocycles. The van der Waals surface area contributed by atoms with E-state index >= 15 is 0 Å². The van der Waals surface area contributed by atoms with Crippen LogP contribution in [-0.4, -0.2) is 19.1 Å². The van der Waals surface area contributed by atoms with Gasteiger partial charge in [-0.1, -0.05) is 18.2 Å². The van der Waals surface area contributed by atoms with Crippen molar-refractivity contribution in [1.29, 1.82) is 0 Å². The van der Waals surface area contributed by atoms with Crippen LogP contribution < -0.4 is 10.2 Å². The number of furan rings is 1. The number of anilines is 1. The Morgan fingerprint density at radius 1 is 1.25 bits per heavy atom. The second kappa shape index (κ2) is 6.14. The number of rotatable bonds is 5. The minimum absolute atomic E-state index is 0.492. The van der Waals surface area contributed by atoms with E-state index < -0.39 is 0 Å². The van der Waals surface area contributed by atoms with Gasteiger partial charge in [-0.2, -0.15) is 0 Å². The van der Waals surface area contributed by atoms with Crippen LogP contribution in [0, 0.1) is 0 Å². The molecule has 3 rings (SSSR count). The van der Waals surface area contributed by atoms with Crippen molar-refractivity contribution in [3.8, 4) is 0 Å². The van der Waals surface area contributed by atoms with E-state index in [1.165, 1.54) is 24.1 Å². The maximum Gasteiger partial charge on any atom is 0.117 e. The molecule has 1 N–H and O–H groups in total. The smallest absolute Gasteiger partial charge is 0.117 e. The highest BCUT2D eigenvalue weighted by molar-refractivity contribution is 5.56. The molecule has 0 spiro atoms. The number of aryl methyl sites for hydroxylation is 1. The van der Waals surface area contributed by atoms with Crippen LogP contribution in [0.1, 0.15) is 24.7 Å². The molecule has 3 heteroatoms. The van der Waals surface area contributed by atoms with Crippen LogP contribution in [0.3, 0.4) is 0 Å². The Balaban J connectivity index is 1.59. The summed E-state index contributed by atoms with van der Waals surface area (Å²) in [4.78, 5) is 2.52. The Morgan fingerprint density at radius 2 is 2.15 bits per heavy atom. The monoisotopic (exact) mass is 270 g/mol. The molecule has 0 bridgehead atoms. The molecule has 0 aliphatic carbocycles. The standard InChI is InChI=1S/C17H22N2O/c1-14(12-18-13-16-8-5-11-20-16)19-10-4-7-15-6-2-3-9-17(15)19/h2-3,5-6,8-9,11,14,18H,4,7,10,12-13H2,1H3. The van der Waals surface area contributed by atoms with E-state index in [1.807, 2.05) is 12.1 Å². The molecule has 2 aromatic rings. The largest absolute Gasteiger partial charge is 0.468 e. The highest BCUT2D eigenvalue weighted by atomic mass is 16.3. The van der Waals surface area contributed by atoms with Gasteiger partial charge in [-0.15, -0.1) is 0 Å². The number of nitrogens with one attached hydrogen (secondary N) is 1. The Morgan fingerprint density at radius 3 is 3.00 bits per heavy atom. The van der Waals surface area contributed by atoms with Crippen LogP contribution in [0.5, 0.6) is 0 Å². The molecule has 1 aromatic carbocycles. The second-order valence-corrected chi connectivity index (χ2v) is 5.48. The van der Waals surface area contributed by atoms with Crippen molar-refractivity contribution in [2.24, 2.45) is 0 Å². The zero-order valence-corrected chi connectivity index (χ0v) is 12.0. The number of nitrogens with zero attached hydrogens (tertiary/aromatic N) is 1. The Labute approximate surface area is 120 Å². The molecular weight excluding hydrogens is 248 g/mol. The van der Waals surface area contributed by atoms with E-state index in [0.717, 1.165) is 25.4 Å². The lowest BCUT2D eigenvalue weighted by Crippen LogP contribution is -2.43. The number of benzene rings is 1. The number of para-hydroxylation sites is 1. The van der Waals surface area contributed by atoms with Crippen LogP contribution in [0.15, 0.2) is 47.1 Å². The summed E-state index contributed by atoms with van der Waals surface area (Å²) in [6, 6.07) is 13.2. The van der Waals surface area contributed by atoms with Crippen molar-refractivity contribution < 1.29 is 4.42 Å². The van der Waals surface area contributed by atoms with E-state index in [9.17, 15) is 0 Å². The van der Waals surface area contributed by atoms with Gasteiger partial charge in [0, 0.05) is 24.8 Å². The topological polar surface area (TPSA) is 28.4 Å². The van der Waals surface area contributed by atoms with Crippen LogP contribution in [0.2, 0.25) is 0 Å².